The predicted molar refractivity (Wildman–Crippen MR) is 89.9 cm³/mol. The molecule has 0 atom stereocenters. The Morgan fingerprint density at radius 3 is 2.69 bits per heavy atom. The molecule has 138 valence electrons. The van der Waals surface area contributed by atoms with E-state index in [0.717, 1.165) is 0 Å². The molecule has 26 heavy (non-hydrogen) atoms. The number of furan rings is 1. The Balaban J connectivity index is 1.76. The third kappa shape index (κ3) is 5.32. The van der Waals surface area contributed by atoms with E-state index >= 15 is 0 Å². The van der Waals surface area contributed by atoms with Crippen molar-refractivity contribution in [3.63, 3.8) is 0 Å². The molecule has 0 fully saturated rings. The summed E-state index contributed by atoms with van der Waals surface area (Å²) in [6.45, 7) is -1.04. The van der Waals surface area contributed by atoms with Gasteiger partial charge in [0, 0.05) is 24.2 Å². The monoisotopic (exact) mass is 382 g/mol. The van der Waals surface area contributed by atoms with Gasteiger partial charge in [-0.05, 0) is 24.3 Å². The zero-order chi connectivity index (χ0) is 19.1. The first-order valence-electron chi connectivity index (χ1n) is 7.52. The molecule has 1 aromatic carbocycles. The van der Waals surface area contributed by atoms with Crippen molar-refractivity contribution in [3.8, 4) is 0 Å². The van der Waals surface area contributed by atoms with E-state index in [1.165, 1.54) is 48.5 Å². The summed E-state index contributed by atoms with van der Waals surface area (Å²) in [5, 5.41) is 2.49. The second-order valence-corrected chi connectivity index (χ2v) is 5.68. The first-order chi connectivity index (χ1) is 12.4. The predicted octanol–water partition coefficient (Wildman–Crippen LogP) is 2.00. The molecule has 0 saturated heterocycles. The van der Waals surface area contributed by atoms with E-state index in [1.54, 1.807) is 0 Å². The maximum atomic E-state index is 13.7. The molecule has 9 heteroatoms. The Morgan fingerprint density at radius 2 is 2.04 bits per heavy atom. The molecule has 0 radical (unpaired) electrons. The molecule has 2 aromatic rings. The number of rotatable bonds is 7. The van der Waals surface area contributed by atoms with Gasteiger partial charge in [0.25, 0.3) is 11.8 Å². The molecule has 0 aliphatic heterocycles. The average molecular weight is 383 g/mol. The van der Waals surface area contributed by atoms with Gasteiger partial charge in [-0.3, -0.25) is 14.4 Å². The number of likely N-dealkylation sites (N-methyl/N-ethyl adjacent to an activating group) is 1. The molecule has 0 aliphatic carbocycles. The van der Waals surface area contributed by atoms with Crippen molar-refractivity contribution in [2.45, 2.75) is 6.54 Å². The molecule has 1 heterocycles. The maximum Gasteiger partial charge on any atom is 0.325 e. The minimum atomic E-state index is -0.796. The largest absolute Gasteiger partial charge is 0.459 e. The number of amides is 2. The molecule has 0 bridgehead atoms. The average Bonchev–Trinajstić information content (AvgIpc) is 3.15. The molecule has 2 rings (SSSR count). The topological polar surface area (TPSA) is 88.9 Å². The smallest absolute Gasteiger partial charge is 0.325 e. The number of hydrogen-bond acceptors (Lipinski definition) is 5. The summed E-state index contributed by atoms with van der Waals surface area (Å²) in [5.74, 6) is -2.40. The quantitative estimate of drug-likeness (QED) is 0.740. The van der Waals surface area contributed by atoms with Gasteiger partial charge in [-0.15, -0.1) is 0 Å². The molecule has 0 saturated carbocycles. The number of esters is 1. The van der Waals surface area contributed by atoms with Crippen LogP contribution < -0.4 is 5.32 Å². The van der Waals surface area contributed by atoms with Gasteiger partial charge in [0.15, 0.2) is 12.4 Å². The normalized spacial score (nSPS) is 10.3. The van der Waals surface area contributed by atoms with Gasteiger partial charge in [0.1, 0.15) is 12.4 Å². The van der Waals surface area contributed by atoms with E-state index in [-0.39, 0.29) is 22.9 Å². The van der Waals surface area contributed by atoms with Crippen LogP contribution in [0.15, 0.2) is 41.0 Å². The van der Waals surface area contributed by atoms with E-state index in [2.05, 4.69) is 5.32 Å². The highest BCUT2D eigenvalue weighted by Crippen LogP contribution is 2.20. The number of benzene rings is 1. The molecule has 0 unspecified atom stereocenters. The first-order valence-corrected chi connectivity index (χ1v) is 7.90. The summed E-state index contributed by atoms with van der Waals surface area (Å²) in [6.07, 6.45) is 1.32. The third-order valence-corrected chi connectivity index (χ3v) is 3.73. The molecular weight excluding hydrogens is 367 g/mol. The summed E-state index contributed by atoms with van der Waals surface area (Å²) in [4.78, 5) is 36.3. The molecule has 0 spiro atoms. The minimum Gasteiger partial charge on any atom is -0.459 e. The van der Waals surface area contributed by atoms with Crippen LogP contribution in [-0.4, -0.2) is 42.9 Å². The van der Waals surface area contributed by atoms with Crippen molar-refractivity contribution in [3.05, 3.63) is 58.8 Å². The number of carbonyl (C=O) groups is 3. The van der Waals surface area contributed by atoms with Crippen LogP contribution in [0.3, 0.4) is 0 Å². The maximum absolute atomic E-state index is 13.7. The van der Waals surface area contributed by atoms with Crippen LogP contribution in [0.1, 0.15) is 16.1 Å². The number of hydrogen-bond donors (Lipinski definition) is 1. The molecule has 2 amide bonds. The summed E-state index contributed by atoms with van der Waals surface area (Å²) in [6, 6.07) is 7.18. The van der Waals surface area contributed by atoms with Crippen LogP contribution in [0.5, 0.6) is 0 Å². The first kappa shape index (κ1) is 19.5. The second kappa shape index (κ2) is 9.00. The van der Waals surface area contributed by atoms with Crippen molar-refractivity contribution in [2.24, 2.45) is 0 Å². The Labute approximate surface area is 153 Å². The molecule has 1 aromatic heterocycles. The lowest BCUT2D eigenvalue weighted by atomic mass is 10.2. The number of ether oxygens (including phenoxy) is 1. The number of carbonyl (C=O) groups excluding carboxylic acids is 3. The van der Waals surface area contributed by atoms with Gasteiger partial charge >= 0.3 is 5.97 Å². The van der Waals surface area contributed by atoms with E-state index in [1.807, 2.05) is 0 Å². The van der Waals surface area contributed by atoms with Gasteiger partial charge in [0.05, 0.1) is 6.26 Å². The van der Waals surface area contributed by atoms with Crippen molar-refractivity contribution in [1.29, 1.82) is 0 Å². The fraction of sp³-hybridized carbons (Fsp3) is 0.235. The van der Waals surface area contributed by atoms with E-state index in [4.69, 9.17) is 20.8 Å². The summed E-state index contributed by atoms with van der Waals surface area (Å²) >= 11 is 5.91. The molecule has 0 aliphatic rings. The van der Waals surface area contributed by atoms with E-state index < -0.39 is 36.8 Å². The Bertz CT molecular complexity index is 774. The summed E-state index contributed by atoms with van der Waals surface area (Å²) in [5.41, 5.74) is 0.169. The highest BCUT2D eigenvalue weighted by Gasteiger charge is 2.17. The van der Waals surface area contributed by atoms with Gasteiger partial charge in [-0.2, -0.15) is 0 Å². The fourth-order valence-electron chi connectivity index (χ4n) is 1.96. The number of nitrogens with one attached hydrogen (secondary N) is 1. The summed E-state index contributed by atoms with van der Waals surface area (Å²) < 4.78 is 23.4. The zero-order valence-electron chi connectivity index (χ0n) is 13.8. The minimum absolute atomic E-state index is 0.0513. The lowest BCUT2D eigenvalue weighted by molar-refractivity contribution is -0.150. The fourth-order valence-corrected chi connectivity index (χ4v) is 2.18. The SMILES string of the molecule is CN(Cc1c(F)cccc1Cl)C(=O)COC(=O)CNC(=O)c1ccco1. The summed E-state index contributed by atoms with van der Waals surface area (Å²) in [7, 11) is 1.43. The van der Waals surface area contributed by atoms with Gasteiger partial charge in [-0.1, -0.05) is 17.7 Å². The molecule has 1 N–H and O–H groups in total. The Morgan fingerprint density at radius 1 is 1.27 bits per heavy atom. The lowest BCUT2D eigenvalue weighted by Crippen LogP contribution is -2.34. The van der Waals surface area contributed by atoms with Crippen molar-refractivity contribution in [2.75, 3.05) is 20.2 Å². The zero-order valence-corrected chi connectivity index (χ0v) is 14.6. The van der Waals surface area contributed by atoms with Crippen LogP contribution in [0, 0.1) is 5.82 Å². The van der Waals surface area contributed by atoms with Crippen molar-refractivity contribution >= 4 is 29.4 Å². The molecular formula is C17H16ClFN2O5. The number of halogens is 2. The standard InChI is InChI=1S/C17H16ClFN2O5/c1-21(9-11-12(18)4-2-5-13(11)19)15(22)10-26-16(23)8-20-17(24)14-6-3-7-25-14/h2-7H,8-10H2,1H3,(H,20,24). The van der Waals surface area contributed by atoms with Crippen LogP contribution >= 0.6 is 11.6 Å². The third-order valence-electron chi connectivity index (χ3n) is 3.38. The Hall–Kier alpha value is -2.87. The second-order valence-electron chi connectivity index (χ2n) is 5.27. The van der Waals surface area contributed by atoms with Crippen molar-refractivity contribution in [1.82, 2.24) is 10.2 Å². The van der Waals surface area contributed by atoms with Gasteiger partial charge < -0.3 is 19.4 Å². The van der Waals surface area contributed by atoms with E-state index in [9.17, 15) is 18.8 Å². The molecule has 7 nitrogen and oxygen atoms in total. The lowest BCUT2D eigenvalue weighted by Gasteiger charge is -2.18. The van der Waals surface area contributed by atoms with Gasteiger partial charge in [0.2, 0.25) is 0 Å². The number of nitrogens with zero attached hydrogens (tertiary/aromatic N) is 1. The highest BCUT2D eigenvalue weighted by molar-refractivity contribution is 6.31. The van der Waals surface area contributed by atoms with Crippen LogP contribution in [0.4, 0.5) is 4.39 Å². The van der Waals surface area contributed by atoms with Crippen LogP contribution in [0.25, 0.3) is 0 Å². The van der Waals surface area contributed by atoms with E-state index in [0.29, 0.717) is 0 Å². The van der Waals surface area contributed by atoms with Crippen LogP contribution in [0.2, 0.25) is 5.02 Å². The Kier molecular flexibility index (Phi) is 6.74. The van der Waals surface area contributed by atoms with Crippen LogP contribution in [-0.2, 0) is 20.9 Å². The van der Waals surface area contributed by atoms with Gasteiger partial charge in [-0.25, -0.2) is 4.39 Å². The highest BCUT2D eigenvalue weighted by atomic mass is 35.5. The van der Waals surface area contributed by atoms with Crippen molar-refractivity contribution < 1.29 is 27.9 Å².